The Kier molecular flexibility index (Phi) is 19.2. The molecule has 4 N–H and O–H groups in total. The van der Waals surface area contributed by atoms with Gasteiger partial charge >= 0.3 is 0 Å². The summed E-state index contributed by atoms with van der Waals surface area (Å²) in [7, 11) is -14.3. The van der Waals surface area contributed by atoms with Gasteiger partial charge in [0.05, 0.1) is 41.5 Å². The van der Waals surface area contributed by atoms with Crippen molar-refractivity contribution in [2.75, 3.05) is 19.6 Å². The van der Waals surface area contributed by atoms with E-state index in [1.165, 1.54) is 36.4 Å². The maximum Gasteiger partial charge on any atom is 0.298 e. The summed E-state index contributed by atoms with van der Waals surface area (Å²) >= 11 is 0.617. The first-order chi connectivity index (χ1) is 35.8. The standard InChI is InChI=1S/C50H38O13S3.2CH4O3S/c1-32-3-22-45(23-4-32)65(53,54)46-24-20-41(21-25-46)60-44-19-12-35-27-43(18-11-36(35)28-44)59-31-39-6-5-37(29-48(39)64-63-62-52)50(51)38-13-26-47(49(30-38)66(55,56)57)61-42-16-9-34(10-17-42)33-7-14-40(58-2)15-8-33;2*1-5(2,3)4/h3-30,52H,31H2,1-2H3,(H,55,56,57);2*1H3,(H,2,3,4). The van der Waals surface area contributed by atoms with Gasteiger partial charge in [-0.15, -0.1) is 4.33 Å². The molecular weight excluding hydrogens is 1090 g/mol. The number of rotatable bonds is 17. The van der Waals surface area contributed by atoms with Crippen LogP contribution in [0.1, 0.15) is 27.0 Å². The van der Waals surface area contributed by atoms with Gasteiger partial charge in [0.25, 0.3) is 30.4 Å². The summed E-state index contributed by atoms with van der Waals surface area (Å²) in [6, 6.07) is 46.5. The van der Waals surface area contributed by atoms with Gasteiger partial charge in [-0.2, -0.15) is 25.3 Å². The van der Waals surface area contributed by atoms with E-state index in [9.17, 15) is 43.0 Å². The molecule has 76 heavy (non-hydrogen) atoms. The number of benzene rings is 8. The number of methoxy groups -OCH3 is 1. The molecule has 0 amide bonds. The fraction of sp³-hybridized carbons (Fsp3) is 0.0962. The van der Waals surface area contributed by atoms with Gasteiger partial charge in [-0.1, -0.05) is 71.3 Å². The van der Waals surface area contributed by atoms with E-state index in [0.717, 1.165) is 33.5 Å². The Morgan fingerprint density at radius 1 is 0.526 bits per heavy atom. The van der Waals surface area contributed by atoms with E-state index in [2.05, 4.69) is 5.04 Å². The van der Waals surface area contributed by atoms with Crippen LogP contribution in [0, 0.1) is 6.92 Å². The maximum atomic E-state index is 13.8. The molecule has 8 aromatic carbocycles. The number of sulfone groups is 1. The fourth-order valence-corrected chi connectivity index (χ4v) is 9.28. The molecule has 0 aromatic heterocycles. The minimum absolute atomic E-state index is 0.00788. The molecule has 0 aliphatic rings. The van der Waals surface area contributed by atoms with Crippen molar-refractivity contribution in [1.29, 1.82) is 0 Å². The molecule has 0 radical (unpaired) electrons. The monoisotopic (exact) mass is 1130 g/mol. The van der Waals surface area contributed by atoms with Gasteiger partial charge in [-0.25, -0.2) is 13.7 Å². The molecule has 24 heteroatoms. The number of carbonyl (C=O) groups is 1. The topological polar surface area (TPSA) is 290 Å². The Bertz CT molecular complexity index is 3750. The van der Waals surface area contributed by atoms with Crippen LogP contribution in [0.2, 0.25) is 0 Å². The summed E-state index contributed by atoms with van der Waals surface area (Å²) in [5.74, 6) is 1.75. The molecule has 0 aliphatic heterocycles. The van der Waals surface area contributed by atoms with Crippen molar-refractivity contribution in [3.63, 3.8) is 0 Å². The lowest BCUT2D eigenvalue weighted by atomic mass is 10.0. The predicted molar refractivity (Wildman–Crippen MR) is 282 cm³/mol. The lowest BCUT2D eigenvalue weighted by molar-refractivity contribution is -0.432. The molecule has 0 atom stereocenters. The number of aryl methyl sites for hydroxylation is 1. The number of ketones is 1. The summed E-state index contributed by atoms with van der Waals surface area (Å²) < 4.78 is 141. The number of ether oxygens (including phenoxy) is 4. The van der Waals surface area contributed by atoms with E-state index >= 15 is 0 Å². The van der Waals surface area contributed by atoms with Gasteiger partial charge in [-0.3, -0.25) is 18.5 Å². The largest absolute Gasteiger partial charge is 0.497 e. The summed E-state index contributed by atoms with van der Waals surface area (Å²) in [6.07, 6.45) is 1.43. The Balaban J connectivity index is 0.000000858. The first kappa shape index (κ1) is 58.1. The highest BCUT2D eigenvalue weighted by atomic mass is 32.2. The van der Waals surface area contributed by atoms with Gasteiger partial charge in [0.15, 0.2) is 5.78 Å². The first-order valence-corrected chi connectivity index (χ1v) is 29.1. The third-order valence-electron chi connectivity index (χ3n) is 10.4. The molecule has 0 saturated heterocycles. The van der Waals surface area contributed by atoms with Crippen LogP contribution in [0.4, 0.5) is 0 Å². The SMILES string of the molecule is COc1ccc(-c2ccc(Oc3ccc(C(=O)c4ccc(COc5ccc6cc(Oc7ccc(S(=O)(=O)c8ccc(C)cc8)cc7)ccc6c5)c(SOOO)c4)cc3S(=O)(=O)O)cc2)cc1.CS(=O)(=O)O.CS(=O)(=O)O. The Hall–Kier alpha value is -7.20. The highest BCUT2D eigenvalue weighted by Crippen LogP contribution is 2.35. The molecule has 0 fully saturated rings. The molecule has 19 nitrogen and oxygen atoms in total. The van der Waals surface area contributed by atoms with Crippen LogP contribution in [-0.2, 0) is 56.2 Å². The van der Waals surface area contributed by atoms with Gasteiger partial charge < -0.3 is 18.9 Å². The molecule has 0 aliphatic carbocycles. The minimum atomic E-state index is -4.85. The quantitative estimate of drug-likeness (QED) is 0.0217. The second kappa shape index (κ2) is 25.1. The van der Waals surface area contributed by atoms with Crippen LogP contribution in [0.15, 0.2) is 189 Å². The highest BCUT2D eigenvalue weighted by Gasteiger charge is 2.23. The van der Waals surface area contributed by atoms with Gasteiger partial charge in [0, 0.05) is 21.6 Å². The predicted octanol–water partition coefficient (Wildman–Crippen LogP) is 10.7. The van der Waals surface area contributed by atoms with Crippen molar-refractivity contribution >= 4 is 68.8 Å². The summed E-state index contributed by atoms with van der Waals surface area (Å²) in [4.78, 5) is 13.9. The molecule has 0 saturated carbocycles. The Labute approximate surface area is 442 Å². The van der Waals surface area contributed by atoms with Crippen molar-refractivity contribution in [3.05, 3.63) is 192 Å². The number of fused-ring (bicyclic) bond motifs is 1. The van der Waals surface area contributed by atoms with E-state index in [1.54, 1.807) is 86.0 Å². The molecule has 8 rings (SSSR count). The van der Waals surface area contributed by atoms with Crippen LogP contribution in [0.5, 0.6) is 34.5 Å². The van der Waals surface area contributed by atoms with Crippen LogP contribution in [0.25, 0.3) is 21.9 Å². The molecule has 0 heterocycles. The van der Waals surface area contributed by atoms with E-state index in [-0.39, 0.29) is 33.3 Å². The van der Waals surface area contributed by atoms with Gasteiger partial charge in [0.2, 0.25) is 9.84 Å². The average Bonchev–Trinajstić information content (AvgIpc) is 3.37. The highest BCUT2D eigenvalue weighted by molar-refractivity contribution is 7.94. The Morgan fingerprint density at radius 2 is 0.987 bits per heavy atom. The van der Waals surface area contributed by atoms with Crippen LogP contribution >= 0.6 is 12.0 Å². The molecule has 398 valence electrons. The fourth-order valence-electron chi connectivity index (χ4n) is 6.86. The summed E-state index contributed by atoms with van der Waals surface area (Å²) in [6.45, 7) is 1.90. The molecule has 0 unspecified atom stereocenters. The van der Waals surface area contributed by atoms with Crippen LogP contribution in [0.3, 0.4) is 0 Å². The second-order valence-corrected chi connectivity index (χ2v) is 23.2. The number of hydrogen-bond donors (Lipinski definition) is 4. The van der Waals surface area contributed by atoms with Gasteiger partial charge in [0.1, 0.15) is 46.0 Å². The zero-order valence-electron chi connectivity index (χ0n) is 40.3. The third kappa shape index (κ3) is 17.2. The van der Waals surface area contributed by atoms with Crippen molar-refractivity contribution < 1.29 is 85.7 Å². The molecule has 8 aromatic rings. The van der Waals surface area contributed by atoms with Crippen molar-refractivity contribution in [1.82, 2.24) is 0 Å². The number of carbonyl (C=O) groups excluding carboxylic acids is 1. The van der Waals surface area contributed by atoms with E-state index in [4.69, 9.17) is 37.6 Å². The van der Waals surface area contributed by atoms with E-state index in [0.29, 0.717) is 63.8 Å². The van der Waals surface area contributed by atoms with Gasteiger partial charge in [-0.05, 0) is 138 Å². The second-order valence-electron chi connectivity index (χ2n) is 16.2. The van der Waals surface area contributed by atoms with Crippen LogP contribution in [-0.4, -0.2) is 78.0 Å². The lowest BCUT2D eigenvalue weighted by Crippen LogP contribution is -2.07. The molecule has 0 spiro atoms. The van der Waals surface area contributed by atoms with Crippen molar-refractivity contribution in [3.8, 4) is 45.6 Å². The Morgan fingerprint density at radius 3 is 1.53 bits per heavy atom. The number of hydrogen-bond acceptors (Lipinski definition) is 17. The molecule has 0 bridgehead atoms. The van der Waals surface area contributed by atoms with E-state index in [1.807, 2.05) is 55.5 Å². The maximum absolute atomic E-state index is 13.8. The van der Waals surface area contributed by atoms with Crippen molar-refractivity contribution in [2.45, 2.75) is 33.1 Å². The first-order valence-electron chi connectivity index (χ1n) is 21.7. The summed E-state index contributed by atoms with van der Waals surface area (Å²) in [5, 5.41) is 14.4. The minimum Gasteiger partial charge on any atom is -0.497 e. The zero-order valence-corrected chi connectivity index (χ0v) is 44.4. The zero-order chi connectivity index (χ0) is 55.4. The third-order valence-corrected chi connectivity index (χ3v) is 13.7. The average molecular weight is 1140 g/mol. The van der Waals surface area contributed by atoms with Crippen LogP contribution < -0.4 is 18.9 Å². The molecular formula is C52H46O19S5. The normalized spacial score (nSPS) is 11.6. The van der Waals surface area contributed by atoms with Crippen molar-refractivity contribution in [2.24, 2.45) is 0 Å². The van der Waals surface area contributed by atoms with E-state index < -0.39 is 50.9 Å². The lowest BCUT2D eigenvalue weighted by Gasteiger charge is -2.13. The smallest absolute Gasteiger partial charge is 0.298 e. The summed E-state index contributed by atoms with van der Waals surface area (Å²) in [5.41, 5.74) is 3.38.